The summed E-state index contributed by atoms with van der Waals surface area (Å²) in [6.07, 6.45) is 8.41. The molecular formula is C18H33N3O3S. The van der Waals surface area contributed by atoms with Crippen LogP contribution >= 0.6 is 0 Å². The van der Waals surface area contributed by atoms with E-state index in [1.54, 1.807) is 4.90 Å². The van der Waals surface area contributed by atoms with Crippen LogP contribution in [0.2, 0.25) is 0 Å². The van der Waals surface area contributed by atoms with Crippen molar-refractivity contribution in [3.63, 3.8) is 0 Å². The highest BCUT2D eigenvalue weighted by Gasteiger charge is 2.29. The summed E-state index contributed by atoms with van der Waals surface area (Å²) in [5, 5.41) is 3.58. The Bertz CT molecular complexity index is 546. The molecule has 3 aliphatic rings. The fourth-order valence-electron chi connectivity index (χ4n) is 3.92. The smallest absolute Gasteiger partial charge is 0.239 e. The molecule has 7 heteroatoms. The summed E-state index contributed by atoms with van der Waals surface area (Å²) in [6.45, 7) is 4.63. The molecule has 3 rings (SSSR count). The number of likely N-dealkylation sites (tertiary alicyclic amines) is 1. The van der Waals surface area contributed by atoms with Crippen LogP contribution in [0.25, 0.3) is 0 Å². The molecule has 0 atom stereocenters. The number of hydrogen-bond acceptors (Lipinski definition) is 4. The quantitative estimate of drug-likeness (QED) is 0.710. The van der Waals surface area contributed by atoms with E-state index in [-0.39, 0.29) is 11.9 Å². The van der Waals surface area contributed by atoms with Gasteiger partial charge in [-0.25, -0.2) is 13.1 Å². The lowest BCUT2D eigenvalue weighted by molar-refractivity contribution is -0.129. The van der Waals surface area contributed by atoms with Crippen LogP contribution in [0.5, 0.6) is 0 Å². The molecule has 1 heterocycles. The molecule has 0 unspecified atom stereocenters. The predicted octanol–water partition coefficient (Wildman–Crippen LogP) is 1.48. The molecular weight excluding hydrogens is 338 g/mol. The lowest BCUT2D eigenvalue weighted by atomic mass is 9.88. The third-order valence-corrected chi connectivity index (χ3v) is 7.23. The van der Waals surface area contributed by atoms with Gasteiger partial charge in [0.05, 0.1) is 0 Å². The fourth-order valence-corrected chi connectivity index (χ4v) is 5.25. The molecule has 2 aliphatic carbocycles. The average molecular weight is 372 g/mol. The number of amides is 1. The van der Waals surface area contributed by atoms with E-state index < -0.39 is 15.8 Å². The standard InChI is InChI=1S/C18H33N3O3S/c1-14-2-6-17(7-3-14)20-25(23,24)13-18(22)21-10-8-16(9-11-21)19-12-15-4-5-15/h14-17,19-20H,2-13H2,1H3. The maximum absolute atomic E-state index is 12.4. The van der Waals surface area contributed by atoms with Crippen LogP contribution in [-0.4, -0.2) is 56.7 Å². The van der Waals surface area contributed by atoms with Crippen LogP contribution in [0.3, 0.4) is 0 Å². The Balaban J connectivity index is 1.38. The number of carbonyl (C=O) groups excluding carboxylic acids is 1. The maximum Gasteiger partial charge on any atom is 0.239 e. The maximum atomic E-state index is 12.4. The molecule has 2 N–H and O–H groups in total. The van der Waals surface area contributed by atoms with Gasteiger partial charge in [-0.3, -0.25) is 4.79 Å². The zero-order valence-electron chi connectivity index (χ0n) is 15.4. The van der Waals surface area contributed by atoms with Crippen molar-refractivity contribution in [3.8, 4) is 0 Å². The molecule has 0 bridgehead atoms. The van der Waals surface area contributed by atoms with E-state index in [0.717, 1.165) is 51.0 Å². The second-order valence-electron chi connectivity index (χ2n) is 8.34. The lowest BCUT2D eigenvalue weighted by Gasteiger charge is -2.33. The van der Waals surface area contributed by atoms with Crippen LogP contribution in [0, 0.1) is 11.8 Å². The topological polar surface area (TPSA) is 78.5 Å². The summed E-state index contributed by atoms with van der Waals surface area (Å²) in [5.41, 5.74) is 0. The van der Waals surface area contributed by atoms with E-state index in [2.05, 4.69) is 17.0 Å². The molecule has 3 fully saturated rings. The SMILES string of the molecule is CC1CCC(NS(=O)(=O)CC(=O)N2CCC(NCC3CC3)CC2)CC1. The van der Waals surface area contributed by atoms with Crippen LogP contribution in [0.15, 0.2) is 0 Å². The predicted molar refractivity (Wildman–Crippen MR) is 98.7 cm³/mol. The first-order valence-electron chi connectivity index (χ1n) is 9.92. The number of rotatable bonds is 7. The van der Waals surface area contributed by atoms with E-state index in [0.29, 0.717) is 25.0 Å². The van der Waals surface area contributed by atoms with Crippen molar-refractivity contribution in [1.29, 1.82) is 0 Å². The number of hydrogen-bond donors (Lipinski definition) is 2. The van der Waals surface area contributed by atoms with E-state index >= 15 is 0 Å². The van der Waals surface area contributed by atoms with Gasteiger partial charge in [0.25, 0.3) is 0 Å². The summed E-state index contributed by atoms with van der Waals surface area (Å²) in [6, 6.07) is 0.481. The second-order valence-corrected chi connectivity index (χ2v) is 10.1. The number of nitrogens with zero attached hydrogens (tertiary/aromatic N) is 1. The first-order valence-corrected chi connectivity index (χ1v) is 11.6. The van der Waals surface area contributed by atoms with E-state index in [1.165, 1.54) is 12.8 Å². The van der Waals surface area contributed by atoms with Gasteiger partial charge in [0, 0.05) is 25.2 Å². The van der Waals surface area contributed by atoms with Gasteiger partial charge in [0.1, 0.15) is 5.75 Å². The minimum Gasteiger partial charge on any atom is -0.342 e. The number of piperidine rings is 1. The van der Waals surface area contributed by atoms with Gasteiger partial charge in [0.2, 0.25) is 15.9 Å². The molecule has 0 radical (unpaired) electrons. The van der Waals surface area contributed by atoms with Crippen molar-refractivity contribution >= 4 is 15.9 Å². The summed E-state index contributed by atoms with van der Waals surface area (Å²) in [7, 11) is -3.53. The van der Waals surface area contributed by atoms with Crippen molar-refractivity contribution in [2.75, 3.05) is 25.4 Å². The highest BCUT2D eigenvalue weighted by atomic mass is 32.2. The summed E-state index contributed by atoms with van der Waals surface area (Å²) in [4.78, 5) is 14.1. The van der Waals surface area contributed by atoms with Gasteiger partial charge < -0.3 is 10.2 Å². The fraction of sp³-hybridized carbons (Fsp3) is 0.944. The molecule has 1 amide bonds. The van der Waals surface area contributed by atoms with Crippen LogP contribution in [0.4, 0.5) is 0 Å². The van der Waals surface area contributed by atoms with Gasteiger partial charge >= 0.3 is 0 Å². The van der Waals surface area contributed by atoms with Gasteiger partial charge in [-0.1, -0.05) is 6.92 Å². The Morgan fingerprint density at radius 3 is 2.20 bits per heavy atom. The zero-order valence-corrected chi connectivity index (χ0v) is 16.2. The molecule has 0 spiro atoms. The van der Waals surface area contributed by atoms with Gasteiger partial charge in [-0.15, -0.1) is 0 Å². The van der Waals surface area contributed by atoms with E-state index in [9.17, 15) is 13.2 Å². The van der Waals surface area contributed by atoms with Crippen LogP contribution < -0.4 is 10.0 Å². The van der Waals surface area contributed by atoms with Crippen LogP contribution in [0.1, 0.15) is 58.3 Å². The minimum atomic E-state index is -3.53. The first kappa shape index (κ1) is 19.1. The highest BCUT2D eigenvalue weighted by Crippen LogP contribution is 2.28. The van der Waals surface area contributed by atoms with Crippen molar-refractivity contribution in [2.45, 2.75) is 70.4 Å². The monoisotopic (exact) mass is 371 g/mol. The van der Waals surface area contributed by atoms with Gasteiger partial charge in [-0.2, -0.15) is 0 Å². The van der Waals surface area contributed by atoms with Crippen molar-refractivity contribution < 1.29 is 13.2 Å². The Hall–Kier alpha value is -0.660. The van der Waals surface area contributed by atoms with Gasteiger partial charge in [0.15, 0.2) is 0 Å². The summed E-state index contributed by atoms with van der Waals surface area (Å²) >= 11 is 0. The molecule has 25 heavy (non-hydrogen) atoms. The highest BCUT2D eigenvalue weighted by molar-refractivity contribution is 7.90. The lowest BCUT2D eigenvalue weighted by Crippen LogP contribution is -2.48. The molecule has 6 nitrogen and oxygen atoms in total. The molecule has 2 saturated carbocycles. The van der Waals surface area contributed by atoms with Crippen molar-refractivity contribution in [1.82, 2.24) is 14.9 Å². The Morgan fingerprint density at radius 2 is 1.60 bits per heavy atom. The van der Waals surface area contributed by atoms with Gasteiger partial charge in [-0.05, 0) is 69.7 Å². The Kier molecular flexibility index (Phi) is 6.39. The molecule has 0 aromatic carbocycles. The molecule has 0 aromatic rings. The number of nitrogens with one attached hydrogen (secondary N) is 2. The zero-order chi connectivity index (χ0) is 17.9. The Morgan fingerprint density at radius 1 is 0.960 bits per heavy atom. The van der Waals surface area contributed by atoms with E-state index in [1.807, 2.05) is 0 Å². The minimum absolute atomic E-state index is 0.00589. The van der Waals surface area contributed by atoms with Crippen molar-refractivity contribution in [2.24, 2.45) is 11.8 Å². The molecule has 0 aromatic heterocycles. The Labute approximate surface area is 152 Å². The second kappa shape index (κ2) is 8.35. The third kappa shape index (κ3) is 6.22. The largest absolute Gasteiger partial charge is 0.342 e. The van der Waals surface area contributed by atoms with Crippen molar-refractivity contribution in [3.05, 3.63) is 0 Å². The number of carbonyl (C=O) groups is 1. The summed E-state index contributed by atoms with van der Waals surface area (Å²) < 4.78 is 27.4. The molecule has 1 aliphatic heterocycles. The van der Waals surface area contributed by atoms with Crippen LogP contribution in [-0.2, 0) is 14.8 Å². The van der Waals surface area contributed by atoms with E-state index in [4.69, 9.17) is 0 Å². The number of sulfonamides is 1. The normalized spacial score (nSPS) is 28.9. The average Bonchev–Trinajstić information content (AvgIpc) is 3.39. The molecule has 144 valence electrons. The molecule has 1 saturated heterocycles. The summed E-state index contributed by atoms with van der Waals surface area (Å²) in [5.74, 6) is 0.882. The first-order chi connectivity index (χ1) is 11.9. The third-order valence-electron chi connectivity index (χ3n) is 5.92.